The molecule has 8 nitrogen and oxygen atoms in total. The Morgan fingerprint density at radius 3 is 2.38 bits per heavy atom. The van der Waals surface area contributed by atoms with Gasteiger partial charge in [0.05, 0.1) is 17.6 Å². The average Bonchev–Trinajstić information content (AvgIpc) is 2.78. The fourth-order valence-electron chi connectivity index (χ4n) is 3.35. The number of nitro groups is 1. The number of rotatable bonds is 7. The predicted molar refractivity (Wildman–Crippen MR) is 131 cm³/mol. The highest BCUT2D eigenvalue weighted by Crippen LogP contribution is 2.23. The number of hydrogen-bond acceptors (Lipinski definition) is 5. The Kier molecular flexibility index (Phi) is 7.65. The molecule has 2 N–H and O–H groups in total. The molecule has 0 unspecified atom stereocenters. The number of hydrogen-bond donors (Lipinski definition) is 2. The SMILES string of the molecule is COc1ccc(Cl)cc1C(=O)N/C(=C\c1cccc([N+](=O)[O-])c1)C(=O)Nc1cc(C)cc(C)c1. The Balaban J connectivity index is 2.00. The molecule has 0 atom stereocenters. The summed E-state index contributed by atoms with van der Waals surface area (Å²) >= 11 is 6.04. The number of nitrogens with zero attached hydrogens (tertiary/aromatic N) is 1. The van der Waals surface area contributed by atoms with Gasteiger partial charge in [0, 0.05) is 22.8 Å². The van der Waals surface area contributed by atoms with Gasteiger partial charge in [0.2, 0.25) is 0 Å². The molecule has 0 spiro atoms. The fourth-order valence-corrected chi connectivity index (χ4v) is 3.52. The third kappa shape index (κ3) is 6.20. The number of aryl methyl sites for hydroxylation is 2. The standard InChI is InChI=1S/C25H22ClN3O5/c1-15-9-16(2)11-19(10-15)27-25(31)22(13-17-5-4-6-20(12-17)29(32)33)28-24(30)21-14-18(26)7-8-23(21)34-3/h4-14H,1-3H3,(H,27,31)(H,28,30)/b22-13-. The molecule has 34 heavy (non-hydrogen) atoms. The van der Waals surface area contributed by atoms with E-state index in [0.29, 0.717) is 16.3 Å². The number of methoxy groups -OCH3 is 1. The first-order valence-corrected chi connectivity index (χ1v) is 10.5. The Labute approximate surface area is 201 Å². The number of carbonyl (C=O) groups excluding carboxylic acids is 2. The van der Waals surface area contributed by atoms with E-state index in [1.165, 1.54) is 43.5 Å². The molecule has 0 saturated heterocycles. The maximum absolute atomic E-state index is 13.2. The van der Waals surface area contributed by atoms with E-state index >= 15 is 0 Å². The lowest BCUT2D eigenvalue weighted by atomic mass is 10.1. The van der Waals surface area contributed by atoms with E-state index in [2.05, 4.69) is 10.6 Å². The molecule has 0 radical (unpaired) electrons. The van der Waals surface area contributed by atoms with Crippen molar-refractivity contribution in [1.29, 1.82) is 0 Å². The zero-order valence-electron chi connectivity index (χ0n) is 18.7. The van der Waals surface area contributed by atoms with Crippen molar-refractivity contribution in [2.45, 2.75) is 13.8 Å². The lowest BCUT2D eigenvalue weighted by Crippen LogP contribution is -2.31. The highest BCUT2D eigenvalue weighted by Gasteiger charge is 2.19. The molecule has 3 aromatic rings. The molecule has 9 heteroatoms. The van der Waals surface area contributed by atoms with E-state index in [1.807, 2.05) is 19.9 Å². The Morgan fingerprint density at radius 2 is 1.74 bits per heavy atom. The average molecular weight is 480 g/mol. The van der Waals surface area contributed by atoms with Crippen molar-refractivity contribution in [1.82, 2.24) is 5.32 Å². The van der Waals surface area contributed by atoms with Crippen LogP contribution in [0.4, 0.5) is 11.4 Å². The summed E-state index contributed by atoms with van der Waals surface area (Å²) < 4.78 is 5.23. The van der Waals surface area contributed by atoms with Gasteiger partial charge < -0.3 is 15.4 Å². The Bertz CT molecular complexity index is 1280. The van der Waals surface area contributed by atoms with Crippen LogP contribution in [0.1, 0.15) is 27.0 Å². The van der Waals surface area contributed by atoms with Gasteiger partial charge in [-0.15, -0.1) is 0 Å². The number of anilines is 1. The van der Waals surface area contributed by atoms with Crippen LogP contribution >= 0.6 is 11.6 Å². The molecule has 0 aromatic heterocycles. The Hall–Kier alpha value is -4.17. The van der Waals surface area contributed by atoms with Gasteiger partial charge in [0.15, 0.2) is 0 Å². The van der Waals surface area contributed by atoms with Crippen molar-refractivity contribution in [2.24, 2.45) is 0 Å². The number of benzene rings is 3. The van der Waals surface area contributed by atoms with Crippen LogP contribution < -0.4 is 15.4 Å². The summed E-state index contributed by atoms with van der Waals surface area (Å²) in [6.45, 7) is 3.80. The van der Waals surface area contributed by atoms with Crippen LogP contribution in [0.15, 0.2) is 66.4 Å². The molecule has 0 aliphatic rings. The van der Waals surface area contributed by atoms with E-state index < -0.39 is 16.7 Å². The van der Waals surface area contributed by atoms with E-state index in [1.54, 1.807) is 24.3 Å². The van der Waals surface area contributed by atoms with Gasteiger partial charge in [-0.2, -0.15) is 0 Å². The molecule has 0 saturated carbocycles. The highest BCUT2D eigenvalue weighted by atomic mass is 35.5. The van der Waals surface area contributed by atoms with Crippen LogP contribution in [0, 0.1) is 24.0 Å². The first kappa shape index (κ1) is 24.5. The number of nitrogens with one attached hydrogen (secondary N) is 2. The molecular formula is C25H22ClN3O5. The number of nitro benzene ring substituents is 1. The van der Waals surface area contributed by atoms with Crippen LogP contribution in [-0.2, 0) is 4.79 Å². The minimum absolute atomic E-state index is 0.119. The third-order valence-corrected chi connectivity index (χ3v) is 5.01. The zero-order valence-corrected chi connectivity index (χ0v) is 19.5. The smallest absolute Gasteiger partial charge is 0.272 e. The molecule has 0 fully saturated rings. The topological polar surface area (TPSA) is 111 Å². The number of non-ortho nitro benzene ring substituents is 1. The second-order valence-corrected chi connectivity index (χ2v) is 7.98. The van der Waals surface area contributed by atoms with E-state index in [0.717, 1.165) is 11.1 Å². The first-order chi connectivity index (χ1) is 16.2. The molecule has 0 aliphatic heterocycles. The van der Waals surface area contributed by atoms with Crippen LogP contribution in [0.2, 0.25) is 5.02 Å². The van der Waals surface area contributed by atoms with Crippen molar-refractivity contribution >= 4 is 40.9 Å². The van der Waals surface area contributed by atoms with Gasteiger partial charge >= 0.3 is 0 Å². The van der Waals surface area contributed by atoms with Crippen LogP contribution in [-0.4, -0.2) is 23.8 Å². The summed E-state index contributed by atoms with van der Waals surface area (Å²) in [7, 11) is 1.41. The normalized spacial score (nSPS) is 11.0. The summed E-state index contributed by atoms with van der Waals surface area (Å²) in [4.78, 5) is 36.8. The molecule has 0 aliphatic carbocycles. The summed E-state index contributed by atoms with van der Waals surface area (Å²) in [6, 6.07) is 15.8. The van der Waals surface area contributed by atoms with Crippen molar-refractivity contribution < 1.29 is 19.2 Å². The number of ether oxygens (including phenoxy) is 1. The molecule has 0 heterocycles. The quantitative estimate of drug-likeness (QED) is 0.272. The van der Waals surface area contributed by atoms with E-state index in [9.17, 15) is 19.7 Å². The lowest BCUT2D eigenvalue weighted by molar-refractivity contribution is -0.384. The highest BCUT2D eigenvalue weighted by molar-refractivity contribution is 6.31. The van der Waals surface area contributed by atoms with Crippen LogP contribution in [0.3, 0.4) is 0 Å². The molecule has 0 bridgehead atoms. The molecular weight excluding hydrogens is 458 g/mol. The van der Waals surface area contributed by atoms with E-state index in [-0.39, 0.29) is 22.7 Å². The van der Waals surface area contributed by atoms with Crippen molar-refractivity contribution in [3.8, 4) is 5.75 Å². The summed E-state index contributed by atoms with van der Waals surface area (Å²) in [5.41, 5.74) is 2.66. The Morgan fingerprint density at radius 1 is 1.03 bits per heavy atom. The van der Waals surface area contributed by atoms with Gasteiger partial charge in [-0.1, -0.05) is 29.8 Å². The third-order valence-electron chi connectivity index (χ3n) is 4.77. The van der Waals surface area contributed by atoms with Gasteiger partial charge in [-0.3, -0.25) is 19.7 Å². The predicted octanol–water partition coefficient (Wildman–Crippen LogP) is 5.28. The number of halogens is 1. The van der Waals surface area contributed by atoms with Crippen LogP contribution in [0.25, 0.3) is 6.08 Å². The van der Waals surface area contributed by atoms with Gasteiger partial charge in [0.1, 0.15) is 11.4 Å². The summed E-state index contributed by atoms with van der Waals surface area (Å²) in [5.74, 6) is -0.969. The lowest BCUT2D eigenvalue weighted by Gasteiger charge is -2.14. The molecule has 3 rings (SSSR count). The van der Waals surface area contributed by atoms with Crippen LogP contribution in [0.5, 0.6) is 5.75 Å². The van der Waals surface area contributed by atoms with E-state index in [4.69, 9.17) is 16.3 Å². The minimum atomic E-state index is -0.633. The first-order valence-electron chi connectivity index (χ1n) is 10.2. The largest absolute Gasteiger partial charge is 0.496 e. The van der Waals surface area contributed by atoms with Gasteiger partial charge in [-0.05, 0) is 66.9 Å². The van der Waals surface area contributed by atoms with Crippen molar-refractivity contribution in [3.05, 3.63) is 104 Å². The fraction of sp³-hybridized carbons (Fsp3) is 0.120. The molecule has 3 aromatic carbocycles. The zero-order chi connectivity index (χ0) is 24.8. The summed E-state index contributed by atoms with van der Waals surface area (Å²) in [5, 5.41) is 16.8. The van der Waals surface area contributed by atoms with Crippen molar-refractivity contribution in [2.75, 3.05) is 12.4 Å². The number of carbonyl (C=O) groups is 2. The van der Waals surface area contributed by atoms with Crippen molar-refractivity contribution in [3.63, 3.8) is 0 Å². The number of amides is 2. The molecule has 174 valence electrons. The van der Waals surface area contributed by atoms with Gasteiger partial charge in [0.25, 0.3) is 17.5 Å². The maximum atomic E-state index is 13.2. The summed E-state index contributed by atoms with van der Waals surface area (Å²) in [6.07, 6.45) is 1.36. The second kappa shape index (κ2) is 10.6. The molecule has 2 amide bonds. The van der Waals surface area contributed by atoms with Gasteiger partial charge in [-0.25, -0.2) is 0 Å². The maximum Gasteiger partial charge on any atom is 0.272 e. The monoisotopic (exact) mass is 479 g/mol. The minimum Gasteiger partial charge on any atom is -0.496 e. The second-order valence-electron chi connectivity index (χ2n) is 7.54.